The van der Waals surface area contributed by atoms with E-state index >= 15 is 0 Å². The van der Waals surface area contributed by atoms with Gasteiger partial charge < -0.3 is 15.8 Å². The molecule has 0 aliphatic heterocycles. The van der Waals surface area contributed by atoms with Gasteiger partial charge in [0.05, 0.1) is 12.3 Å². The summed E-state index contributed by atoms with van der Waals surface area (Å²) in [5, 5.41) is 3.91. The van der Waals surface area contributed by atoms with E-state index in [4.69, 9.17) is 22.1 Å². The molecule has 112 valence electrons. The van der Waals surface area contributed by atoms with Gasteiger partial charge >= 0.3 is 0 Å². The fourth-order valence-electron chi connectivity index (χ4n) is 1.70. The molecule has 3 N–H and O–H groups in total. The van der Waals surface area contributed by atoms with Crippen LogP contribution in [0.15, 0.2) is 30.3 Å². The molecule has 0 amide bonds. The van der Waals surface area contributed by atoms with Gasteiger partial charge in [0.15, 0.2) is 0 Å². The summed E-state index contributed by atoms with van der Waals surface area (Å²) in [7, 11) is 0. The molecule has 0 unspecified atom stereocenters. The van der Waals surface area contributed by atoms with Gasteiger partial charge in [0.1, 0.15) is 5.82 Å². The Labute approximate surface area is 130 Å². The van der Waals surface area contributed by atoms with E-state index in [-0.39, 0.29) is 0 Å². The summed E-state index contributed by atoms with van der Waals surface area (Å²) in [6.07, 6.45) is 0. The minimum absolute atomic E-state index is 0.415. The van der Waals surface area contributed by atoms with E-state index < -0.39 is 0 Å². The maximum Gasteiger partial charge on any atom is 0.239 e. The molecule has 5 heteroatoms. The average Bonchev–Trinajstić information content (AvgIpc) is 2.43. The van der Waals surface area contributed by atoms with E-state index in [1.807, 2.05) is 31.2 Å². The lowest BCUT2D eigenvalue weighted by molar-refractivity contribution is 0.263. The number of halogens is 1. The molecule has 1 heterocycles. The number of nitrogens with zero attached hydrogens (tertiary/aromatic N) is 1. The largest absolute Gasteiger partial charge is 0.476 e. The third-order valence-electron chi connectivity index (χ3n) is 2.89. The van der Waals surface area contributed by atoms with Crippen molar-refractivity contribution in [3.8, 4) is 5.88 Å². The highest BCUT2D eigenvalue weighted by atomic mass is 35.5. The normalized spacial score (nSPS) is 10.7. The van der Waals surface area contributed by atoms with Crippen LogP contribution in [-0.4, -0.2) is 11.6 Å². The van der Waals surface area contributed by atoms with Gasteiger partial charge in [-0.2, -0.15) is 4.98 Å². The smallest absolute Gasteiger partial charge is 0.239 e. The van der Waals surface area contributed by atoms with Crippen molar-refractivity contribution in [2.45, 2.75) is 20.8 Å². The fourth-order valence-corrected chi connectivity index (χ4v) is 1.88. The van der Waals surface area contributed by atoms with Crippen molar-refractivity contribution in [2.75, 3.05) is 17.7 Å². The van der Waals surface area contributed by atoms with E-state index in [1.54, 1.807) is 6.07 Å². The monoisotopic (exact) mass is 305 g/mol. The van der Waals surface area contributed by atoms with Gasteiger partial charge in [0.25, 0.3) is 0 Å². The minimum atomic E-state index is 0.415. The van der Waals surface area contributed by atoms with Gasteiger partial charge in [0, 0.05) is 10.7 Å². The van der Waals surface area contributed by atoms with Crippen molar-refractivity contribution in [2.24, 2.45) is 5.92 Å². The third-order valence-corrected chi connectivity index (χ3v) is 3.29. The molecule has 0 aliphatic rings. The van der Waals surface area contributed by atoms with Crippen LogP contribution in [0.5, 0.6) is 5.88 Å². The maximum absolute atomic E-state index is 6.12. The summed E-state index contributed by atoms with van der Waals surface area (Å²) in [4.78, 5) is 4.39. The van der Waals surface area contributed by atoms with E-state index in [1.165, 1.54) is 0 Å². The lowest BCUT2D eigenvalue weighted by atomic mass is 10.2. The number of ether oxygens (including phenoxy) is 1. The Kier molecular flexibility index (Phi) is 4.91. The number of hydrogen-bond donors (Lipinski definition) is 2. The second kappa shape index (κ2) is 6.68. The average molecular weight is 306 g/mol. The second-order valence-electron chi connectivity index (χ2n) is 5.38. The molecule has 2 rings (SSSR count). The molecule has 2 aromatic rings. The van der Waals surface area contributed by atoms with Crippen molar-refractivity contribution >= 4 is 28.8 Å². The van der Waals surface area contributed by atoms with Crippen LogP contribution in [0.3, 0.4) is 0 Å². The van der Waals surface area contributed by atoms with E-state index in [0.717, 1.165) is 11.3 Å². The first-order valence-electron chi connectivity index (χ1n) is 6.88. The van der Waals surface area contributed by atoms with Crippen LogP contribution in [0.25, 0.3) is 0 Å². The lowest BCUT2D eigenvalue weighted by Gasteiger charge is -2.12. The minimum Gasteiger partial charge on any atom is -0.476 e. The first kappa shape index (κ1) is 15.4. The Balaban J connectivity index is 2.16. The number of pyridine rings is 1. The number of nitrogens with one attached hydrogen (secondary N) is 1. The summed E-state index contributed by atoms with van der Waals surface area (Å²) in [6, 6.07) is 9.36. The molecule has 21 heavy (non-hydrogen) atoms. The second-order valence-corrected chi connectivity index (χ2v) is 5.79. The van der Waals surface area contributed by atoms with Gasteiger partial charge in [-0.3, -0.25) is 0 Å². The Bertz CT molecular complexity index is 629. The number of hydrogen-bond acceptors (Lipinski definition) is 4. The highest BCUT2D eigenvalue weighted by Crippen LogP contribution is 2.26. The maximum atomic E-state index is 6.12. The van der Waals surface area contributed by atoms with E-state index in [9.17, 15) is 0 Å². The van der Waals surface area contributed by atoms with Gasteiger partial charge in [-0.25, -0.2) is 0 Å². The molecule has 0 radical (unpaired) electrons. The summed E-state index contributed by atoms with van der Waals surface area (Å²) < 4.78 is 5.62. The predicted molar refractivity (Wildman–Crippen MR) is 88.5 cm³/mol. The molecular formula is C16H20ClN3O. The van der Waals surface area contributed by atoms with E-state index in [2.05, 4.69) is 24.1 Å². The van der Waals surface area contributed by atoms with Crippen molar-refractivity contribution in [1.82, 2.24) is 4.98 Å². The van der Waals surface area contributed by atoms with Gasteiger partial charge in [-0.1, -0.05) is 31.5 Å². The van der Waals surface area contributed by atoms with Crippen LogP contribution in [0.2, 0.25) is 5.02 Å². The van der Waals surface area contributed by atoms with Crippen molar-refractivity contribution < 1.29 is 4.74 Å². The first-order chi connectivity index (χ1) is 9.95. The Morgan fingerprint density at radius 2 is 2.05 bits per heavy atom. The number of rotatable bonds is 5. The van der Waals surface area contributed by atoms with Crippen LogP contribution in [0, 0.1) is 12.8 Å². The van der Waals surface area contributed by atoms with Crippen LogP contribution in [0.4, 0.5) is 17.2 Å². The zero-order chi connectivity index (χ0) is 15.4. The SMILES string of the molecule is Cc1ccc(Nc2ccc(N)c(OCC(C)C)n2)cc1Cl. The van der Waals surface area contributed by atoms with Crippen LogP contribution in [-0.2, 0) is 0 Å². The van der Waals surface area contributed by atoms with Crippen molar-refractivity contribution in [3.05, 3.63) is 40.9 Å². The first-order valence-corrected chi connectivity index (χ1v) is 7.26. The zero-order valence-corrected chi connectivity index (χ0v) is 13.2. The van der Waals surface area contributed by atoms with Gasteiger partial charge in [-0.05, 0) is 42.7 Å². The number of benzene rings is 1. The Morgan fingerprint density at radius 3 is 2.71 bits per heavy atom. The van der Waals surface area contributed by atoms with E-state index in [0.29, 0.717) is 34.9 Å². The summed E-state index contributed by atoms with van der Waals surface area (Å²) >= 11 is 6.12. The molecule has 1 aromatic heterocycles. The molecule has 0 fully saturated rings. The number of aryl methyl sites for hydroxylation is 1. The van der Waals surface area contributed by atoms with Crippen molar-refractivity contribution in [3.63, 3.8) is 0 Å². The van der Waals surface area contributed by atoms with Crippen molar-refractivity contribution in [1.29, 1.82) is 0 Å². The topological polar surface area (TPSA) is 60.2 Å². The molecule has 4 nitrogen and oxygen atoms in total. The molecular weight excluding hydrogens is 286 g/mol. The Hall–Kier alpha value is -1.94. The molecule has 1 aromatic carbocycles. The Morgan fingerprint density at radius 1 is 1.29 bits per heavy atom. The highest BCUT2D eigenvalue weighted by molar-refractivity contribution is 6.31. The molecule has 0 bridgehead atoms. The quantitative estimate of drug-likeness (QED) is 0.859. The lowest BCUT2D eigenvalue weighted by Crippen LogP contribution is -2.08. The fraction of sp³-hybridized carbons (Fsp3) is 0.312. The number of nitrogens with two attached hydrogens (primary N) is 1. The zero-order valence-electron chi connectivity index (χ0n) is 12.5. The summed E-state index contributed by atoms with van der Waals surface area (Å²) in [5.74, 6) is 1.54. The molecule has 0 atom stereocenters. The van der Waals surface area contributed by atoms with Gasteiger partial charge in [-0.15, -0.1) is 0 Å². The van der Waals surface area contributed by atoms with Crippen LogP contribution >= 0.6 is 11.6 Å². The highest BCUT2D eigenvalue weighted by Gasteiger charge is 2.06. The summed E-state index contributed by atoms with van der Waals surface area (Å²) in [5.41, 5.74) is 8.32. The molecule has 0 aliphatic carbocycles. The van der Waals surface area contributed by atoms with Gasteiger partial charge in [0.2, 0.25) is 5.88 Å². The predicted octanol–water partition coefficient (Wildman–Crippen LogP) is 4.40. The summed E-state index contributed by atoms with van der Waals surface area (Å²) in [6.45, 7) is 6.70. The number of aromatic nitrogens is 1. The standard InChI is InChI=1S/C16H20ClN3O/c1-10(2)9-21-16-14(18)6-7-15(20-16)19-12-5-4-11(3)13(17)8-12/h4-8,10H,9,18H2,1-3H3,(H,19,20). The number of anilines is 3. The molecule has 0 spiro atoms. The molecule has 0 saturated heterocycles. The molecule has 0 saturated carbocycles. The van der Waals surface area contributed by atoms with Crippen LogP contribution in [0.1, 0.15) is 19.4 Å². The third kappa shape index (κ3) is 4.26. The number of nitrogen functional groups attached to an aromatic ring is 1. The van der Waals surface area contributed by atoms with Crippen LogP contribution < -0.4 is 15.8 Å².